The number of hydrogen-bond donors (Lipinski definition) is 0. The summed E-state index contributed by atoms with van der Waals surface area (Å²) in [6.45, 7) is 5.11. The molecule has 0 bridgehead atoms. The fraction of sp³-hybridized carbons (Fsp3) is 0.400. The molecule has 8 heteroatoms. The van der Waals surface area contributed by atoms with Crippen LogP contribution < -0.4 is 9.47 Å². The minimum atomic E-state index is 0.590. The van der Waals surface area contributed by atoms with Crippen molar-refractivity contribution in [2.75, 3.05) is 19.5 Å². The van der Waals surface area contributed by atoms with Crippen LogP contribution >= 0.6 is 23.1 Å². The first kappa shape index (κ1) is 16.1. The van der Waals surface area contributed by atoms with Gasteiger partial charge in [-0.05, 0) is 38.3 Å². The maximum atomic E-state index is 5.68. The monoisotopic (exact) mass is 350 g/mol. The Kier molecular flexibility index (Phi) is 5.02. The first-order valence-corrected chi connectivity index (χ1v) is 9.57. The van der Waals surface area contributed by atoms with Crippen molar-refractivity contribution in [2.24, 2.45) is 0 Å². The van der Waals surface area contributed by atoms with Crippen LogP contribution in [0, 0.1) is 0 Å². The van der Waals surface area contributed by atoms with E-state index < -0.39 is 0 Å². The number of hydrogen-bond acceptors (Lipinski definition) is 7. The number of fused-ring (bicyclic) bond motifs is 1. The van der Waals surface area contributed by atoms with Crippen LogP contribution in [0.3, 0.4) is 0 Å². The van der Waals surface area contributed by atoms with E-state index in [1.54, 1.807) is 11.8 Å². The molecule has 0 aliphatic rings. The van der Waals surface area contributed by atoms with Crippen molar-refractivity contribution in [3.8, 4) is 22.1 Å². The van der Waals surface area contributed by atoms with Crippen LogP contribution in [0.5, 0.6) is 11.5 Å². The Balaban J connectivity index is 1.98. The van der Waals surface area contributed by atoms with Gasteiger partial charge in [0.15, 0.2) is 17.3 Å². The Morgan fingerprint density at radius 2 is 1.91 bits per heavy atom. The van der Waals surface area contributed by atoms with E-state index in [4.69, 9.17) is 9.47 Å². The molecule has 122 valence electrons. The van der Waals surface area contributed by atoms with Crippen molar-refractivity contribution in [2.45, 2.75) is 19.6 Å². The summed E-state index contributed by atoms with van der Waals surface area (Å²) in [5, 5.41) is 13.9. The Labute approximate surface area is 142 Å². The van der Waals surface area contributed by atoms with Crippen LogP contribution in [0.25, 0.3) is 15.5 Å². The molecule has 3 rings (SSSR count). The Bertz CT molecular complexity index is 800. The van der Waals surface area contributed by atoms with Gasteiger partial charge in [-0.15, -0.1) is 10.2 Å². The molecule has 0 radical (unpaired) electrons. The maximum Gasteiger partial charge on any atom is 0.235 e. The second-order valence-electron chi connectivity index (χ2n) is 4.68. The molecule has 0 saturated carbocycles. The van der Waals surface area contributed by atoms with Crippen LogP contribution in [0.2, 0.25) is 0 Å². The highest BCUT2D eigenvalue weighted by atomic mass is 32.2. The van der Waals surface area contributed by atoms with Crippen molar-refractivity contribution in [3.05, 3.63) is 24.0 Å². The van der Waals surface area contributed by atoms with Crippen LogP contribution in [-0.4, -0.2) is 39.3 Å². The molecule has 0 N–H and O–H groups in total. The van der Waals surface area contributed by atoms with Crippen molar-refractivity contribution < 1.29 is 9.47 Å². The van der Waals surface area contributed by atoms with Gasteiger partial charge >= 0.3 is 0 Å². The normalized spacial score (nSPS) is 11.1. The van der Waals surface area contributed by atoms with E-state index in [1.807, 2.05) is 42.8 Å². The molecule has 0 unspecified atom stereocenters. The Morgan fingerprint density at radius 1 is 1.13 bits per heavy atom. The van der Waals surface area contributed by atoms with E-state index in [1.165, 1.54) is 11.3 Å². The lowest BCUT2D eigenvalue weighted by Gasteiger charge is -2.11. The molecule has 2 aromatic heterocycles. The molecule has 1 aromatic carbocycles. The SMILES string of the molecule is CCOc1ccc(-c2nn3c(CSC)nnc3s2)cc1OCC. The van der Waals surface area contributed by atoms with Gasteiger partial charge in [0.2, 0.25) is 4.96 Å². The quantitative estimate of drug-likeness (QED) is 0.650. The first-order valence-electron chi connectivity index (χ1n) is 7.36. The molecule has 0 fully saturated rings. The summed E-state index contributed by atoms with van der Waals surface area (Å²) in [4.78, 5) is 0.802. The number of benzene rings is 1. The highest BCUT2D eigenvalue weighted by molar-refractivity contribution is 7.97. The lowest BCUT2D eigenvalue weighted by Crippen LogP contribution is -1.98. The number of thioether (sulfide) groups is 1. The van der Waals surface area contributed by atoms with E-state index >= 15 is 0 Å². The molecule has 2 heterocycles. The highest BCUT2D eigenvalue weighted by Gasteiger charge is 2.14. The predicted molar refractivity (Wildman–Crippen MR) is 93.7 cm³/mol. The lowest BCUT2D eigenvalue weighted by atomic mass is 10.2. The molecule has 6 nitrogen and oxygen atoms in total. The van der Waals surface area contributed by atoms with Gasteiger partial charge in [0.25, 0.3) is 0 Å². The summed E-state index contributed by atoms with van der Waals surface area (Å²) in [5.41, 5.74) is 0.988. The summed E-state index contributed by atoms with van der Waals surface area (Å²) < 4.78 is 13.1. The third-order valence-corrected chi connectivity index (χ3v) is 4.61. The van der Waals surface area contributed by atoms with Crippen LogP contribution in [0.1, 0.15) is 19.7 Å². The summed E-state index contributed by atoms with van der Waals surface area (Å²) in [7, 11) is 0. The first-order chi connectivity index (χ1) is 11.3. The topological polar surface area (TPSA) is 61.5 Å². The van der Waals surface area contributed by atoms with Gasteiger partial charge in [0, 0.05) is 5.56 Å². The van der Waals surface area contributed by atoms with Gasteiger partial charge in [-0.3, -0.25) is 0 Å². The van der Waals surface area contributed by atoms with Crippen LogP contribution in [-0.2, 0) is 5.75 Å². The smallest absolute Gasteiger partial charge is 0.235 e. The van der Waals surface area contributed by atoms with E-state index in [2.05, 4.69) is 15.3 Å². The number of rotatable bonds is 7. The molecule has 0 aliphatic heterocycles. The molecule has 0 atom stereocenters. The van der Waals surface area contributed by atoms with Crippen molar-refractivity contribution in [1.82, 2.24) is 19.8 Å². The average Bonchev–Trinajstić information content (AvgIpc) is 3.12. The van der Waals surface area contributed by atoms with Crippen molar-refractivity contribution >= 4 is 28.1 Å². The molecule has 0 spiro atoms. The molecular formula is C15H18N4O2S2. The molecule has 0 amide bonds. The van der Waals surface area contributed by atoms with Crippen molar-refractivity contribution in [1.29, 1.82) is 0 Å². The highest BCUT2D eigenvalue weighted by Crippen LogP contribution is 2.34. The minimum Gasteiger partial charge on any atom is -0.490 e. The van der Waals surface area contributed by atoms with Gasteiger partial charge < -0.3 is 9.47 Å². The third kappa shape index (κ3) is 3.28. The van der Waals surface area contributed by atoms with E-state index in [-0.39, 0.29) is 0 Å². The van der Waals surface area contributed by atoms with Crippen molar-refractivity contribution in [3.63, 3.8) is 0 Å². The summed E-state index contributed by atoms with van der Waals surface area (Å²) in [6, 6.07) is 5.89. The van der Waals surface area contributed by atoms with Crippen LogP contribution in [0.4, 0.5) is 0 Å². The summed E-state index contributed by atoms with van der Waals surface area (Å²) in [5.74, 6) is 3.15. The fourth-order valence-electron chi connectivity index (χ4n) is 2.18. The molecular weight excluding hydrogens is 332 g/mol. The predicted octanol–water partition coefficient (Wildman–Crippen LogP) is 3.51. The number of ether oxygens (including phenoxy) is 2. The maximum absolute atomic E-state index is 5.68. The minimum absolute atomic E-state index is 0.590. The van der Waals surface area contributed by atoms with E-state index in [0.717, 1.165) is 38.6 Å². The number of aromatic nitrogens is 4. The van der Waals surface area contributed by atoms with Gasteiger partial charge in [-0.1, -0.05) is 11.3 Å². The summed E-state index contributed by atoms with van der Waals surface area (Å²) in [6.07, 6.45) is 2.04. The van der Waals surface area contributed by atoms with Gasteiger partial charge in [-0.25, -0.2) is 0 Å². The zero-order valence-corrected chi connectivity index (χ0v) is 14.9. The zero-order chi connectivity index (χ0) is 16.2. The Hall–Kier alpha value is -1.80. The fourth-order valence-corrected chi connectivity index (χ4v) is 3.47. The average molecular weight is 350 g/mol. The second-order valence-corrected chi connectivity index (χ2v) is 6.50. The molecule has 3 aromatic rings. The standard InChI is InChI=1S/C15H18N4O2S2/c1-4-20-11-7-6-10(8-12(11)21-5-2)14-18-19-13(9-22-3)16-17-15(19)23-14/h6-8H,4-5,9H2,1-3H3. The second kappa shape index (κ2) is 7.18. The lowest BCUT2D eigenvalue weighted by molar-refractivity contribution is 0.288. The van der Waals surface area contributed by atoms with Crippen LogP contribution in [0.15, 0.2) is 18.2 Å². The molecule has 0 aliphatic carbocycles. The summed E-state index contributed by atoms with van der Waals surface area (Å²) >= 11 is 3.22. The van der Waals surface area contributed by atoms with Gasteiger partial charge in [-0.2, -0.15) is 21.4 Å². The molecule has 23 heavy (non-hydrogen) atoms. The van der Waals surface area contributed by atoms with E-state index in [9.17, 15) is 0 Å². The van der Waals surface area contributed by atoms with Gasteiger partial charge in [0.05, 0.1) is 19.0 Å². The number of nitrogens with zero attached hydrogens (tertiary/aromatic N) is 4. The Morgan fingerprint density at radius 3 is 2.65 bits per heavy atom. The largest absolute Gasteiger partial charge is 0.490 e. The van der Waals surface area contributed by atoms with E-state index in [0.29, 0.717) is 13.2 Å². The zero-order valence-electron chi connectivity index (χ0n) is 13.3. The third-order valence-electron chi connectivity index (χ3n) is 3.12. The van der Waals surface area contributed by atoms with Gasteiger partial charge in [0.1, 0.15) is 5.01 Å². The molecule has 0 saturated heterocycles.